The quantitative estimate of drug-likeness (QED) is 0.798. The molecule has 98 valence electrons. The van der Waals surface area contributed by atoms with Crippen molar-refractivity contribution < 1.29 is 10.1 Å². The van der Waals surface area contributed by atoms with Crippen LogP contribution in [-0.2, 0) is 4.79 Å². The second kappa shape index (κ2) is 5.98. The predicted octanol–water partition coefficient (Wildman–Crippen LogP) is 0.121. The van der Waals surface area contributed by atoms with Crippen LogP contribution in [0.15, 0.2) is 18.2 Å². The number of para-hydroxylation sites is 1. The van der Waals surface area contributed by atoms with Gasteiger partial charge in [0.05, 0.1) is 19.6 Å². The molecule has 1 aliphatic heterocycles. The Kier molecular flexibility index (Phi) is 4.33. The number of aryl methyl sites for hydroxylation is 2. The third-order valence-corrected chi connectivity index (χ3v) is 3.41. The van der Waals surface area contributed by atoms with Crippen molar-refractivity contribution in [3.8, 4) is 0 Å². The zero-order chi connectivity index (χ0) is 13.0. The lowest BCUT2D eigenvalue weighted by Gasteiger charge is -2.24. The number of nitrogens with zero attached hydrogens (tertiary/aromatic N) is 1. The molecule has 1 aromatic carbocycles. The Morgan fingerprint density at radius 1 is 1.28 bits per heavy atom. The van der Waals surface area contributed by atoms with E-state index in [4.69, 9.17) is 0 Å². The molecule has 0 aliphatic carbocycles. The van der Waals surface area contributed by atoms with E-state index in [9.17, 15) is 4.79 Å². The van der Waals surface area contributed by atoms with Crippen LogP contribution in [0.5, 0.6) is 0 Å². The molecule has 1 fully saturated rings. The Balaban J connectivity index is 1.94. The number of carbonyl (C=O) groups excluding carboxylic acids is 1. The summed E-state index contributed by atoms with van der Waals surface area (Å²) in [6.07, 6.45) is 0. The lowest BCUT2D eigenvalue weighted by molar-refractivity contribution is -0.663. The average Bonchev–Trinajstić information content (AvgIpc) is 2.35. The van der Waals surface area contributed by atoms with Gasteiger partial charge in [-0.3, -0.25) is 9.69 Å². The standard InChI is InChI=1S/C14H21N3O/c1-11-4-3-5-12(2)14(11)16-13(18)10-17-8-6-15-7-9-17/h3-5,15H,6-10H2,1-2H3,(H,16,18)/p+1. The summed E-state index contributed by atoms with van der Waals surface area (Å²) in [5.74, 6) is 0.0919. The molecule has 3 N–H and O–H groups in total. The smallest absolute Gasteiger partial charge is 0.238 e. The first-order chi connectivity index (χ1) is 8.66. The van der Waals surface area contributed by atoms with Gasteiger partial charge in [0.25, 0.3) is 0 Å². The molecule has 1 aliphatic rings. The van der Waals surface area contributed by atoms with E-state index in [0.717, 1.165) is 43.0 Å². The molecule has 0 unspecified atom stereocenters. The molecular formula is C14H22N3O+. The maximum atomic E-state index is 12.0. The highest BCUT2D eigenvalue weighted by atomic mass is 16.2. The Labute approximate surface area is 108 Å². The number of nitrogens with two attached hydrogens (primary N) is 1. The van der Waals surface area contributed by atoms with Gasteiger partial charge in [-0.05, 0) is 25.0 Å². The van der Waals surface area contributed by atoms with E-state index in [2.05, 4.69) is 15.5 Å². The topological polar surface area (TPSA) is 49.0 Å². The summed E-state index contributed by atoms with van der Waals surface area (Å²) < 4.78 is 0. The second-order valence-electron chi connectivity index (χ2n) is 4.96. The molecule has 0 aromatic heterocycles. The molecule has 0 spiro atoms. The molecule has 0 radical (unpaired) electrons. The number of hydrogen-bond acceptors (Lipinski definition) is 2. The van der Waals surface area contributed by atoms with Crippen molar-refractivity contribution in [2.24, 2.45) is 0 Å². The Bertz CT molecular complexity index is 405. The van der Waals surface area contributed by atoms with E-state index in [1.54, 1.807) is 0 Å². The zero-order valence-electron chi connectivity index (χ0n) is 11.2. The maximum Gasteiger partial charge on any atom is 0.238 e. The van der Waals surface area contributed by atoms with E-state index in [1.165, 1.54) is 0 Å². The normalized spacial score (nSPS) is 16.6. The number of quaternary nitrogens is 1. The fraction of sp³-hybridized carbons (Fsp3) is 0.500. The van der Waals surface area contributed by atoms with Crippen LogP contribution in [0.25, 0.3) is 0 Å². The largest absolute Gasteiger partial charge is 0.344 e. The number of carbonyl (C=O) groups is 1. The van der Waals surface area contributed by atoms with Gasteiger partial charge < -0.3 is 10.6 Å². The average molecular weight is 248 g/mol. The minimum atomic E-state index is 0.0919. The van der Waals surface area contributed by atoms with Crippen molar-refractivity contribution in [3.05, 3.63) is 29.3 Å². The molecule has 0 bridgehead atoms. The molecule has 2 rings (SSSR count). The number of anilines is 1. The van der Waals surface area contributed by atoms with Crippen LogP contribution in [-0.4, -0.2) is 43.5 Å². The first-order valence-corrected chi connectivity index (χ1v) is 6.57. The first kappa shape index (κ1) is 13.1. The number of rotatable bonds is 3. The number of nitrogens with one attached hydrogen (secondary N) is 1. The second-order valence-corrected chi connectivity index (χ2v) is 4.96. The van der Waals surface area contributed by atoms with E-state index in [-0.39, 0.29) is 5.91 Å². The molecule has 18 heavy (non-hydrogen) atoms. The number of hydrogen-bond donors (Lipinski definition) is 2. The molecule has 1 amide bonds. The van der Waals surface area contributed by atoms with Crippen LogP contribution >= 0.6 is 0 Å². The van der Waals surface area contributed by atoms with Gasteiger partial charge in [-0.1, -0.05) is 18.2 Å². The van der Waals surface area contributed by atoms with E-state index in [1.807, 2.05) is 32.0 Å². The first-order valence-electron chi connectivity index (χ1n) is 6.57. The monoisotopic (exact) mass is 248 g/mol. The van der Waals surface area contributed by atoms with E-state index < -0.39 is 0 Å². The van der Waals surface area contributed by atoms with Crippen molar-refractivity contribution in [2.45, 2.75) is 13.8 Å². The summed E-state index contributed by atoms with van der Waals surface area (Å²) in [4.78, 5) is 14.2. The third-order valence-electron chi connectivity index (χ3n) is 3.41. The van der Waals surface area contributed by atoms with Gasteiger partial charge in [-0.15, -0.1) is 0 Å². The van der Waals surface area contributed by atoms with Crippen molar-refractivity contribution in [1.29, 1.82) is 0 Å². The molecule has 0 atom stereocenters. The third kappa shape index (κ3) is 3.31. The van der Waals surface area contributed by atoms with Crippen LogP contribution in [0, 0.1) is 13.8 Å². The lowest BCUT2D eigenvalue weighted by atomic mass is 10.1. The summed E-state index contributed by atoms with van der Waals surface area (Å²) >= 11 is 0. The van der Waals surface area contributed by atoms with Gasteiger partial charge in [0.2, 0.25) is 5.91 Å². The van der Waals surface area contributed by atoms with Gasteiger partial charge in [0.1, 0.15) is 0 Å². The molecule has 1 aromatic rings. The summed E-state index contributed by atoms with van der Waals surface area (Å²) in [6.45, 7) is 8.74. The SMILES string of the molecule is Cc1cccc(C)c1NC(=O)CN1CC[NH2+]CC1. The lowest BCUT2D eigenvalue weighted by Crippen LogP contribution is -2.89. The summed E-state index contributed by atoms with van der Waals surface area (Å²) in [5, 5.41) is 5.33. The molecule has 1 heterocycles. The van der Waals surface area contributed by atoms with Crippen molar-refractivity contribution in [1.82, 2.24) is 4.90 Å². The minimum Gasteiger partial charge on any atom is -0.344 e. The van der Waals surface area contributed by atoms with Crippen LogP contribution in [0.4, 0.5) is 5.69 Å². The van der Waals surface area contributed by atoms with Crippen LogP contribution < -0.4 is 10.6 Å². The van der Waals surface area contributed by atoms with E-state index >= 15 is 0 Å². The number of amides is 1. The predicted molar refractivity (Wildman–Crippen MR) is 72.6 cm³/mol. The van der Waals surface area contributed by atoms with Crippen molar-refractivity contribution >= 4 is 11.6 Å². The number of benzene rings is 1. The maximum absolute atomic E-state index is 12.0. The van der Waals surface area contributed by atoms with Crippen LogP contribution in [0.3, 0.4) is 0 Å². The minimum absolute atomic E-state index is 0.0919. The molecule has 0 saturated carbocycles. The zero-order valence-corrected chi connectivity index (χ0v) is 11.2. The fourth-order valence-corrected chi connectivity index (χ4v) is 2.36. The number of piperazine rings is 1. The van der Waals surface area contributed by atoms with Gasteiger partial charge in [0, 0.05) is 18.8 Å². The highest BCUT2D eigenvalue weighted by molar-refractivity contribution is 5.93. The fourth-order valence-electron chi connectivity index (χ4n) is 2.36. The summed E-state index contributed by atoms with van der Waals surface area (Å²) in [7, 11) is 0. The Morgan fingerprint density at radius 2 is 1.89 bits per heavy atom. The van der Waals surface area contributed by atoms with Gasteiger partial charge in [-0.2, -0.15) is 0 Å². The summed E-state index contributed by atoms with van der Waals surface area (Å²) in [5.41, 5.74) is 3.21. The Morgan fingerprint density at radius 3 is 2.50 bits per heavy atom. The molecule has 4 nitrogen and oxygen atoms in total. The summed E-state index contributed by atoms with van der Waals surface area (Å²) in [6, 6.07) is 6.07. The van der Waals surface area contributed by atoms with Gasteiger partial charge >= 0.3 is 0 Å². The van der Waals surface area contributed by atoms with Crippen LogP contribution in [0.1, 0.15) is 11.1 Å². The van der Waals surface area contributed by atoms with E-state index in [0.29, 0.717) is 6.54 Å². The molecule has 4 heteroatoms. The van der Waals surface area contributed by atoms with Gasteiger partial charge in [0.15, 0.2) is 0 Å². The van der Waals surface area contributed by atoms with Crippen molar-refractivity contribution in [3.63, 3.8) is 0 Å². The van der Waals surface area contributed by atoms with Crippen molar-refractivity contribution in [2.75, 3.05) is 38.0 Å². The Hall–Kier alpha value is -1.39. The van der Waals surface area contributed by atoms with Gasteiger partial charge in [-0.25, -0.2) is 0 Å². The van der Waals surface area contributed by atoms with Crippen LogP contribution in [0.2, 0.25) is 0 Å². The molecular weight excluding hydrogens is 226 g/mol. The highest BCUT2D eigenvalue weighted by Gasteiger charge is 2.16. The molecule has 1 saturated heterocycles. The highest BCUT2D eigenvalue weighted by Crippen LogP contribution is 2.19.